The van der Waals surface area contributed by atoms with E-state index in [1.54, 1.807) is 6.20 Å². The van der Waals surface area contributed by atoms with Gasteiger partial charge in [-0.15, -0.1) is 0 Å². The van der Waals surface area contributed by atoms with Crippen LogP contribution >= 0.6 is 11.6 Å². The van der Waals surface area contributed by atoms with Crippen molar-refractivity contribution in [3.8, 4) is 11.3 Å². The van der Waals surface area contributed by atoms with Crippen molar-refractivity contribution in [1.29, 1.82) is 0 Å². The first-order valence-corrected chi connectivity index (χ1v) is 10.1. The van der Waals surface area contributed by atoms with E-state index in [1.807, 2.05) is 61.2 Å². The van der Waals surface area contributed by atoms with Crippen LogP contribution in [0.4, 0.5) is 10.5 Å². The van der Waals surface area contributed by atoms with Crippen LogP contribution in [-0.2, 0) is 6.54 Å². The van der Waals surface area contributed by atoms with Gasteiger partial charge in [0.2, 0.25) is 0 Å². The molecular weight excluding hydrogens is 398 g/mol. The van der Waals surface area contributed by atoms with Gasteiger partial charge in [-0.1, -0.05) is 23.7 Å². The molecule has 1 aliphatic rings. The Morgan fingerprint density at radius 3 is 2.83 bits per heavy atom. The van der Waals surface area contributed by atoms with Crippen molar-refractivity contribution in [2.24, 2.45) is 0 Å². The molecular formula is C23H20ClN5O. The molecule has 7 heteroatoms. The van der Waals surface area contributed by atoms with Gasteiger partial charge < -0.3 is 10.2 Å². The smallest absolute Gasteiger partial charge is 0.313 e. The van der Waals surface area contributed by atoms with Gasteiger partial charge in [0.1, 0.15) is 5.69 Å². The SMILES string of the molecule is Cc1cc(-c2n[nH]c3cc4c(cc23)CN([C@@H](C)c2cccc(Cl)c2)C(=O)N4)ccn1. The molecule has 1 aliphatic heterocycles. The molecule has 0 unspecified atom stereocenters. The van der Waals surface area contributed by atoms with Crippen molar-refractivity contribution in [2.45, 2.75) is 26.4 Å². The molecule has 0 aliphatic carbocycles. The fourth-order valence-electron chi connectivity index (χ4n) is 3.97. The number of urea groups is 1. The third-order valence-corrected chi connectivity index (χ3v) is 5.83. The van der Waals surface area contributed by atoms with Gasteiger partial charge in [-0.3, -0.25) is 10.1 Å². The number of rotatable bonds is 3. The number of fused-ring (bicyclic) bond motifs is 2. The van der Waals surface area contributed by atoms with E-state index in [9.17, 15) is 4.79 Å². The van der Waals surface area contributed by atoms with Gasteiger partial charge in [0.15, 0.2) is 0 Å². The number of hydrogen-bond acceptors (Lipinski definition) is 3. The number of halogens is 1. The lowest BCUT2D eigenvalue weighted by atomic mass is 10.0. The number of aromatic nitrogens is 3. The average molecular weight is 418 g/mol. The number of benzene rings is 2. The minimum atomic E-state index is -0.126. The molecule has 0 spiro atoms. The third kappa shape index (κ3) is 3.19. The standard InChI is InChI=1S/C23H20ClN5O/c1-13-8-16(6-7-25-13)22-19-10-17-12-29(14(2)15-4-3-5-18(24)9-15)23(30)26-20(17)11-21(19)27-28-22/h3-11,14H,12H2,1-2H3,(H,26,30)(H,27,28)/t14-/m0/s1. The van der Waals surface area contributed by atoms with Crippen LogP contribution in [0.25, 0.3) is 22.2 Å². The molecule has 2 N–H and O–H groups in total. The molecule has 1 atom stereocenters. The summed E-state index contributed by atoms with van der Waals surface area (Å²) in [5, 5.41) is 12.3. The van der Waals surface area contributed by atoms with E-state index < -0.39 is 0 Å². The van der Waals surface area contributed by atoms with E-state index in [0.717, 1.165) is 44.7 Å². The molecule has 2 aromatic heterocycles. The minimum absolute atomic E-state index is 0.112. The van der Waals surface area contributed by atoms with Gasteiger partial charge in [-0.05, 0) is 61.4 Å². The maximum absolute atomic E-state index is 12.8. The Kier molecular flexibility index (Phi) is 4.44. The van der Waals surface area contributed by atoms with E-state index in [1.165, 1.54) is 0 Å². The van der Waals surface area contributed by atoms with Crippen LogP contribution in [0, 0.1) is 6.92 Å². The van der Waals surface area contributed by atoms with Crippen LogP contribution in [0.1, 0.15) is 29.8 Å². The molecule has 30 heavy (non-hydrogen) atoms. The number of H-pyrrole nitrogens is 1. The molecule has 0 bridgehead atoms. The summed E-state index contributed by atoms with van der Waals surface area (Å²) >= 11 is 6.15. The topological polar surface area (TPSA) is 73.9 Å². The molecule has 3 heterocycles. The van der Waals surface area contributed by atoms with Crippen LogP contribution in [0.3, 0.4) is 0 Å². The Bertz CT molecular complexity index is 1280. The Labute approximate surface area is 178 Å². The van der Waals surface area contributed by atoms with Gasteiger partial charge in [0.25, 0.3) is 0 Å². The van der Waals surface area contributed by atoms with E-state index >= 15 is 0 Å². The first kappa shape index (κ1) is 18.6. The molecule has 6 nitrogen and oxygen atoms in total. The van der Waals surface area contributed by atoms with E-state index in [2.05, 4.69) is 26.6 Å². The first-order valence-electron chi connectivity index (χ1n) is 9.77. The second kappa shape index (κ2) is 7.15. The van der Waals surface area contributed by atoms with Crippen molar-refractivity contribution in [3.63, 3.8) is 0 Å². The predicted octanol–water partition coefficient (Wildman–Crippen LogP) is 5.70. The van der Waals surface area contributed by atoms with Crippen LogP contribution in [0.15, 0.2) is 54.7 Å². The number of carbonyl (C=O) groups is 1. The van der Waals surface area contributed by atoms with Crippen LogP contribution in [0.2, 0.25) is 5.02 Å². The van der Waals surface area contributed by atoms with Crippen LogP contribution < -0.4 is 5.32 Å². The highest BCUT2D eigenvalue weighted by molar-refractivity contribution is 6.30. The Morgan fingerprint density at radius 1 is 1.17 bits per heavy atom. The summed E-state index contributed by atoms with van der Waals surface area (Å²) in [6, 6.07) is 15.4. The second-order valence-corrected chi connectivity index (χ2v) is 8.04. The number of aromatic amines is 1. The Morgan fingerprint density at radius 2 is 2.03 bits per heavy atom. The molecule has 0 saturated carbocycles. The average Bonchev–Trinajstić information content (AvgIpc) is 3.14. The van der Waals surface area contributed by atoms with Crippen molar-refractivity contribution in [3.05, 3.63) is 76.6 Å². The van der Waals surface area contributed by atoms with Crippen molar-refractivity contribution in [2.75, 3.05) is 5.32 Å². The number of amides is 2. The van der Waals surface area contributed by atoms with E-state index in [-0.39, 0.29) is 12.1 Å². The number of nitrogens with one attached hydrogen (secondary N) is 2. The van der Waals surface area contributed by atoms with E-state index in [4.69, 9.17) is 11.6 Å². The van der Waals surface area contributed by atoms with Gasteiger partial charge in [-0.2, -0.15) is 5.10 Å². The summed E-state index contributed by atoms with van der Waals surface area (Å²) in [6.07, 6.45) is 1.79. The van der Waals surface area contributed by atoms with Crippen molar-refractivity contribution in [1.82, 2.24) is 20.1 Å². The number of nitrogens with zero attached hydrogens (tertiary/aromatic N) is 3. The number of carbonyl (C=O) groups excluding carboxylic acids is 1. The quantitative estimate of drug-likeness (QED) is 0.449. The number of hydrogen-bond donors (Lipinski definition) is 2. The zero-order chi connectivity index (χ0) is 20.8. The van der Waals surface area contributed by atoms with Gasteiger partial charge >= 0.3 is 6.03 Å². The number of anilines is 1. The minimum Gasteiger partial charge on any atom is -0.313 e. The molecule has 0 saturated heterocycles. The van der Waals surface area contributed by atoms with Gasteiger partial charge in [-0.25, -0.2) is 4.79 Å². The zero-order valence-corrected chi connectivity index (χ0v) is 17.4. The van der Waals surface area contributed by atoms with Crippen molar-refractivity contribution < 1.29 is 4.79 Å². The summed E-state index contributed by atoms with van der Waals surface area (Å²) in [6.45, 7) is 4.48. The third-order valence-electron chi connectivity index (χ3n) is 5.60. The molecule has 5 rings (SSSR count). The highest BCUT2D eigenvalue weighted by atomic mass is 35.5. The molecule has 4 aromatic rings. The van der Waals surface area contributed by atoms with Crippen molar-refractivity contribution >= 4 is 34.2 Å². The summed E-state index contributed by atoms with van der Waals surface area (Å²) in [5.74, 6) is 0. The summed E-state index contributed by atoms with van der Waals surface area (Å²) in [5.41, 5.74) is 6.57. The normalized spacial score (nSPS) is 14.5. The predicted molar refractivity (Wildman–Crippen MR) is 118 cm³/mol. The lowest BCUT2D eigenvalue weighted by Crippen LogP contribution is -2.40. The number of aryl methyl sites for hydroxylation is 1. The van der Waals surface area contributed by atoms with Gasteiger partial charge in [0.05, 0.1) is 18.1 Å². The highest BCUT2D eigenvalue weighted by Gasteiger charge is 2.28. The molecule has 2 amide bonds. The van der Waals surface area contributed by atoms with Crippen LogP contribution in [-0.4, -0.2) is 26.1 Å². The molecule has 150 valence electrons. The molecule has 0 radical (unpaired) electrons. The second-order valence-electron chi connectivity index (χ2n) is 7.60. The fourth-order valence-corrected chi connectivity index (χ4v) is 4.17. The highest BCUT2D eigenvalue weighted by Crippen LogP contribution is 2.35. The van der Waals surface area contributed by atoms with E-state index in [0.29, 0.717) is 11.6 Å². The zero-order valence-electron chi connectivity index (χ0n) is 16.6. The fraction of sp³-hybridized carbons (Fsp3) is 0.174. The Balaban J connectivity index is 1.54. The van der Waals surface area contributed by atoms with Gasteiger partial charge in [0, 0.05) is 33.6 Å². The lowest BCUT2D eigenvalue weighted by Gasteiger charge is -2.34. The maximum atomic E-state index is 12.8. The summed E-state index contributed by atoms with van der Waals surface area (Å²) < 4.78 is 0. The maximum Gasteiger partial charge on any atom is 0.322 e. The molecule has 2 aromatic carbocycles. The first-order chi connectivity index (χ1) is 14.5. The summed E-state index contributed by atoms with van der Waals surface area (Å²) in [7, 11) is 0. The monoisotopic (exact) mass is 417 g/mol. The summed E-state index contributed by atoms with van der Waals surface area (Å²) in [4.78, 5) is 18.9. The van der Waals surface area contributed by atoms with Crippen LogP contribution in [0.5, 0.6) is 0 Å². The molecule has 0 fully saturated rings. The largest absolute Gasteiger partial charge is 0.322 e. The number of pyridine rings is 1. The Hall–Kier alpha value is -3.38. The lowest BCUT2D eigenvalue weighted by molar-refractivity contribution is 0.186.